The highest BCUT2D eigenvalue weighted by molar-refractivity contribution is 6.30. The molecule has 2 aromatic carbocycles. The summed E-state index contributed by atoms with van der Waals surface area (Å²) >= 11 is 6.10. The number of halogens is 1. The molecule has 0 saturated carbocycles. The van der Waals surface area contributed by atoms with Crippen molar-refractivity contribution >= 4 is 29.1 Å². The van der Waals surface area contributed by atoms with Crippen LogP contribution in [0.15, 0.2) is 48.5 Å². The Morgan fingerprint density at radius 3 is 2.77 bits per heavy atom. The van der Waals surface area contributed by atoms with Crippen molar-refractivity contribution in [2.75, 3.05) is 12.4 Å². The van der Waals surface area contributed by atoms with Gasteiger partial charge >= 0.3 is 0 Å². The predicted molar refractivity (Wildman–Crippen MR) is 101 cm³/mol. The maximum absolute atomic E-state index is 13.2. The van der Waals surface area contributed by atoms with Gasteiger partial charge < -0.3 is 15.1 Å². The molecule has 1 N–H and O–H groups in total. The number of piperazine rings is 1. The second-order valence-electron chi connectivity index (χ2n) is 6.64. The molecule has 4 rings (SSSR count). The second kappa shape index (κ2) is 6.32. The van der Waals surface area contributed by atoms with Gasteiger partial charge in [0.1, 0.15) is 12.2 Å². The van der Waals surface area contributed by atoms with Crippen molar-refractivity contribution in [3.8, 4) is 0 Å². The van der Waals surface area contributed by atoms with E-state index in [4.69, 9.17) is 13.0 Å². The Morgan fingerprint density at radius 1 is 1.23 bits per heavy atom. The lowest BCUT2D eigenvalue weighted by Gasteiger charge is -2.51. The molecule has 134 valence electrons. The van der Waals surface area contributed by atoms with Crippen LogP contribution < -0.4 is 5.31 Å². The minimum atomic E-state index is -1.77. The van der Waals surface area contributed by atoms with Crippen LogP contribution in [0.1, 0.15) is 24.2 Å². The van der Waals surface area contributed by atoms with Gasteiger partial charge in [0.05, 0.1) is 13.0 Å². The number of nitrogens with one attached hydrogen (secondary N) is 1. The lowest BCUT2D eigenvalue weighted by Crippen LogP contribution is -2.70. The molecule has 5 nitrogen and oxygen atoms in total. The Labute approximate surface area is 160 Å². The largest absolute Gasteiger partial charge is 0.363 e. The van der Waals surface area contributed by atoms with E-state index in [9.17, 15) is 11.0 Å². The molecule has 0 bridgehead atoms. The van der Waals surface area contributed by atoms with Gasteiger partial charge in [-0.15, -0.1) is 0 Å². The van der Waals surface area contributed by atoms with E-state index >= 15 is 0 Å². The highest BCUT2D eigenvalue weighted by Gasteiger charge is 2.48. The van der Waals surface area contributed by atoms with Crippen LogP contribution in [-0.4, -0.2) is 46.9 Å². The van der Waals surface area contributed by atoms with E-state index < -0.39 is 24.1 Å². The van der Waals surface area contributed by atoms with Crippen molar-refractivity contribution < 1.29 is 12.4 Å². The number of amides is 2. The van der Waals surface area contributed by atoms with Crippen molar-refractivity contribution in [1.82, 2.24) is 9.80 Å². The number of benzene rings is 2. The highest BCUT2D eigenvalue weighted by Crippen LogP contribution is 2.33. The van der Waals surface area contributed by atoms with Gasteiger partial charge in [-0.1, -0.05) is 35.9 Å². The van der Waals surface area contributed by atoms with E-state index in [1.165, 1.54) is 9.80 Å². The van der Waals surface area contributed by atoms with Gasteiger partial charge in [-0.3, -0.25) is 9.59 Å². The van der Waals surface area contributed by atoms with Gasteiger partial charge in [-0.25, -0.2) is 0 Å². The van der Waals surface area contributed by atoms with E-state index in [0.29, 0.717) is 22.7 Å². The number of rotatable bonds is 2. The molecule has 0 aliphatic carbocycles. The van der Waals surface area contributed by atoms with Crippen LogP contribution in [0.25, 0.3) is 0 Å². The minimum Gasteiger partial charge on any atom is -0.363 e. The third kappa shape index (κ3) is 2.63. The van der Waals surface area contributed by atoms with Gasteiger partial charge in [0.15, 0.2) is 1.41 Å². The molecule has 0 aromatic heterocycles. The normalized spacial score (nSPS) is 29.1. The summed E-state index contributed by atoms with van der Waals surface area (Å²) in [5.41, 5.74) is 1.52. The predicted octanol–water partition coefficient (Wildman–Crippen LogP) is 3.01. The molecular weight excluding hydrogens is 350 g/mol. The molecule has 3 atom stereocenters. The molecular formula is C20H20ClN3O2. The number of anilines is 1. The first kappa shape index (κ1) is 14.6. The fraction of sp³-hybridized carbons (Fsp3) is 0.300. The van der Waals surface area contributed by atoms with Gasteiger partial charge in [-0.2, -0.15) is 0 Å². The second-order valence-corrected chi connectivity index (χ2v) is 7.07. The lowest BCUT2D eigenvalue weighted by atomic mass is 9.93. The molecule has 1 fully saturated rings. The average Bonchev–Trinajstić information content (AvgIpc) is 2.68. The zero-order valence-corrected chi connectivity index (χ0v) is 15.3. The van der Waals surface area contributed by atoms with Gasteiger partial charge in [0, 0.05) is 17.8 Å². The lowest BCUT2D eigenvalue weighted by molar-refractivity contribution is -0.144. The summed E-state index contributed by atoms with van der Waals surface area (Å²) in [5, 5.41) is 1.61. The molecule has 2 aliphatic rings. The Kier molecular flexibility index (Phi) is 3.56. The van der Waals surface area contributed by atoms with E-state index in [1.807, 2.05) is 6.07 Å². The van der Waals surface area contributed by atoms with Crippen LogP contribution in [0, 0.1) is 0 Å². The standard InChI is InChI=1S/C20H20ClN3O2/c1-12-19(25)23(2)17(11-13-6-5-7-14(21)10-13)18-22-16-9-4-3-8-15(16)20(26)24(12)18/h3-10,12,17-18,22H,11H2,1-2H3/t12-,17-,18-/m0/s1/i18D/hD. The third-order valence-corrected chi connectivity index (χ3v) is 5.25. The number of fused-ring (bicyclic) bond motifs is 2. The summed E-state index contributed by atoms with van der Waals surface area (Å²) < 4.78 is 18.0. The van der Waals surface area contributed by atoms with Gasteiger partial charge in [0.25, 0.3) is 5.91 Å². The topological polar surface area (TPSA) is 52.7 Å². The number of hydrogen-bond acceptors (Lipinski definition) is 3. The van der Waals surface area contributed by atoms with E-state index in [-0.39, 0.29) is 5.91 Å². The minimum absolute atomic E-state index is 0.254. The molecule has 0 unspecified atom stereocenters. The van der Waals surface area contributed by atoms with E-state index in [0.717, 1.165) is 10.9 Å². The van der Waals surface area contributed by atoms with Crippen molar-refractivity contribution in [2.45, 2.75) is 31.6 Å². The first-order valence-electron chi connectivity index (χ1n) is 9.44. The highest BCUT2D eigenvalue weighted by atomic mass is 35.5. The molecule has 6 heteroatoms. The zero-order chi connectivity index (χ0) is 20.2. The number of hydrogen-bond donors (Lipinski definition) is 1. The number of para-hydroxylation sites is 1. The number of carbonyl (C=O) groups excluding carboxylic acids is 2. The van der Waals surface area contributed by atoms with Gasteiger partial charge in [0.2, 0.25) is 5.91 Å². The van der Waals surface area contributed by atoms with Crippen LogP contribution in [0.5, 0.6) is 0 Å². The SMILES string of the molecule is [2H]N1c2ccccc2C(=O)N2[C@@H](C)C(=O)N(C)[C@@H](Cc3cccc(Cl)c3)[C@@]12[2H]. The first-order chi connectivity index (χ1) is 13.3. The summed E-state index contributed by atoms with van der Waals surface area (Å²) in [5.74, 6) is -0.657. The average molecular weight is 372 g/mol. The van der Waals surface area contributed by atoms with E-state index in [1.54, 1.807) is 56.4 Å². The fourth-order valence-corrected chi connectivity index (χ4v) is 3.83. The van der Waals surface area contributed by atoms with E-state index in [2.05, 4.69) is 0 Å². The zero-order valence-electron chi connectivity index (χ0n) is 16.5. The smallest absolute Gasteiger partial charge is 0.258 e. The maximum Gasteiger partial charge on any atom is 0.258 e. The Bertz CT molecular complexity index is 972. The molecule has 2 heterocycles. The molecule has 0 radical (unpaired) electrons. The maximum atomic E-state index is 13.2. The van der Waals surface area contributed by atoms with Crippen molar-refractivity contribution in [2.24, 2.45) is 0 Å². The fourth-order valence-electron chi connectivity index (χ4n) is 3.62. The number of carbonyl (C=O) groups is 2. The van der Waals surface area contributed by atoms with Crippen molar-refractivity contribution in [3.05, 3.63) is 64.7 Å². The Balaban J connectivity index is 1.87. The Morgan fingerprint density at radius 2 is 2.00 bits per heavy atom. The molecule has 26 heavy (non-hydrogen) atoms. The summed E-state index contributed by atoms with van der Waals surface area (Å²) in [7, 11) is 1.63. The monoisotopic (exact) mass is 371 g/mol. The third-order valence-electron chi connectivity index (χ3n) is 5.01. The van der Waals surface area contributed by atoms with Crippen LogP contribution in [0.2, 0.25) is 6.43 Å². The summed E-state index contributed by atoms with van der Waals surface area (Å²) in [6.45, 7) is 1.61. The van der Waals surface area contributed by atoms with Crippen molar-refractivity contribution in [3.63, 3.8) is 0 Å². The van der Waals surface area contributed by atoms with Crippen LogP contribution in [-0.2, 0) is 11.2 Å². The quantitative estimate of drug-likeness (QED) is 0.882. The summed E-state index contributed by atoms with van der Waals surface area (Å²) in [6.07, 6.45) is -1.48. The molecule has 1 saturated heterocycles. The molecule has 2 amide bonds. The Hall–Kier alpha value is -2.53. The molecule has 2 aromatic rings. The van der Waals surface area contributed by atoms with Crippen molar-refractivity contribution in [1.29, 1.82) is 0 Å². The van der Waals surface area contributed by atoms with Crippen LogP contribution in [0.3, 0.4) is 0 Å². The summed E-state index contributed by atoms with van der Waals surface area (Å²) in [4.78, 5) is 28.8. The van der Waals surface area contributed by atoms with Crippen LogP contribution >= 0.6 is 11.6 Å². The van der Waals surface area contributed by atoms with Gasteiger partial charge in [-0.05, 0) is 43.2 Å². The summed E-state index contributed by atoms with van der Waals surface area (Å²) in [6, 6.07) is 12.3. The number of nitrogens with zero attached hydrogens (tertiary/aromatic N) is 2. The number of likely N-dealkylation sites (N-methyl/N-ethyl adjacent to an activating group) is 1. The molecule has 2 aliphatic heterocycles. The first-order valence-corrected chi connectivity index (χ1v) is 8.87. The molecule has 0 spiro atoms. The van der Waals surface area contributed by atoms with Crippen LogP contribution in [0.4, 0.5) is 5.69 Å².